The van der Waals surface area contributed by atoms with Crippen LogP contribution in [0.1, 0.15) is 68.1 Å². The van der Waals surface area contributed by atoms with Crippen molar-refractivity contribution in [3.05, 3.63) is 45.8 Å². The molecule has 2 heterocycles. The third-order valence-electron chi connectivity index (χ3n) is 5.32. The molecule has 1 aliphatic heterocycles. The molecular formula is C20H21N5O4S. The molecule has 9 nitrogen and oxygen atoms in total. The summed E-state index contributed by atoms with van der Waals surface area (Å²) in [6.45, 7) is 2.85. The third-order valence-corrected chi connectivity index (χ3v) is 6.39. The summed E-state index contributed by atoms with van der Waals surface area (Å²) >= 11 is 1.20. The lowest BCUT2D eigenvalue weighted by molar-refractivity contribution is -0.384. The first-order valence-corrected chi connectivity index (χ1v) is 10.6. The van der Waals surface area contributed by atoms with Gasteiger partial charge in [-0.05, 0) is 24.6 Å². The number of benzene rings is 1. The maximum Gasteiger partial charge on any atom is 0.270 e. The van der Waals surface area contributed by atoms with Crippen LogP contribution in [0.4, 0.5) is 11.5 Å². The largest absolute Gasteiger partial charge is 0.274 e. The Morgan fingerprint density at radius 2 is 1.90 bits per heavy atom. The number of nitro groups is 1. The number of hydrogen-bond acceptors (Lipinski definition) is 7. The summed E-state index contributed by atoms with van der Waals surface area (Å²) in [5, 5.41) is 17.7. The summed E-state index contributed by atoms with van der Waals surface area (Å²) in [7, 11) is 0. The summed E-state index contributed by atoms with van der Waals surface area (Å²) in [5.74, 6) is 0.645. The summed E-state index contributed by atoms with van der Waals surface area (Å²) in [5.41, 5.74) is 0.431. The van der Waals surface area contributed by atoms with Crippen molar-refractivity contribution in [3.63, 3.8) is 0 Å². The number of amides is 1. The highest BCUT2D eigenvalue weighted by Gasteiger charge is 2.35. The van der Waals surface area contributed by atoms with Gasteiger partial charge in [0.2, 0.25) is 11.8 Å². The molecule has 1 aliphatic carbocycles. The van der Waals surface area contributed by atoms with E-state index in [4.69, 9.17) is 0 Å². The minimum Gasteiger partial charge on any atom is -0.274 e. The summed E-state index contributed by atoms with van der Waals surface area (Å²) in [6, 6.07) is 6.07. The molecular weight excluding hydrogens is 406 g/mol. The number of hydrazone groups is 1. The number of imidazole rings is 1. The number of hydrogen-bond donors (Lipinski definition) is 0. The number of rotatable bonds is 3. The molecule has 0 atom stereocenters. The first-order chi connectivity index (χ1) is 14.4. The van der Waals surface area contributed by atoms with Crippen LogP contribution in [-0.2, 0) is 4.79 Å². The van der Waals surface area contributed by atoms with Crippen LogP contribution in [0.15, 0.2) is 34.4 Å². The molecule has 1 fully saturated rings. The molecule has 0 bridgehead atoms. The lowest BCUT2D eigenvalue weighted by Gasteiger charge is -2.22. The second-order valence-corrected chi connectivity index (χ2v) is 8.41. The maximum atomic E-state index is 12.6. The summed E-state index contributed by atoms with van der Waals surface area (Å²) < 4.78 is 1.58. The molecule has 2 aromatic rings. The minimum atomic E-state index is -0.479. The molecule has 10 heteroatoms. The van der Waals surface area contributed by atoms with Crippen molar-refractivity contribution in [3.8, 4) is 0 Å². The fourth-order valence-corrected chi connectivity index (χ4v) is 5.00. The Balaban J connectivity index is 1.82. The number of thioether (sulfide) groups is 1. The lowest BCUT2D eigenvalue weighted by atomic mass is 9.88. The zero-order valence-electron chi connectivity index (χ0n) is 16.7. The van der Waals surface area contributed by atoms with Crippen LogP contribution in [0.2, 0.25) is 0 Å². The molecule has 0 radical (unpaired) electrons. The van der Waals surface area contributed by atoms with Crippen molar-refractivity contribution in [2.45, 2.75) is 56.9 Å². The fraction of sp³-hybridized carbons (Fsp3) is 0.400. The van der Waals surface area contributed by atoms with Gasteiger partial charge in [0.1, 0.15) is 15.9 Å². The molecule has 0 unspecified atom stereocenters. The highest BCUT2D eigenvalue weighted by atomic mass is 32.2. The Kier molecular flexibility index (Phi) is 5.42. The van der Waals surface area contributed by atoms with Gasteiger partial charge in [0, 0.05) is 37.5 Å². The standard InChI is InChI=1S/C20H21N5O4S/c1-12(26)23-17(14-7-4-3-5-8-14)21-18-20(23)30-19(22-24(18)13(2)27)15-9-6-10-16(11-15)25(28)29/h6,9-11,14H,3-5,7-8H2,1-2H3. The monoisotopic (exact) mass is 427 g/mol. The Labute approximate surface area is 177 Å². The van der Waals surface area contributed by atoms with E-state index in [1.807, 2.05) is 0 Å². The number of aromatic nitrogens is 2. The molecule has 0 N–H and O–H groups in total. The van der Waals surface area contributed by atoms with Gasteiger partial charge in [-0.1, -0.05) is 31.4 Å². The predicted molar refractivity (Wildman–Crippen MR) is 113 cm³/mol. The van der Waals surface area contributed by atoms with Crippen LogP contribution in [0, 0.1) is 10.1 Å². The number of anilines is 1. The molecule has 0 saturated heterocycles. The minimum absolute atomic E-state index is 0.0704. The van der Waals surface area contributed by atoms with Gasteiger partial charge in [-0.2, -0.15) is 10.1 Å². The molecule has 1 saturated carbocycles. The van der Waals surface area contributed by atoms with Gasteiger partial charge in [-0.15, -0.1) is 0 Å². The zero-order valence-corrected chi connectivity index (χ0v) is 17.5. The van der Waals surface area contributed by atoms with Crippen LogP contribution in [0.3, 0.4) is 0 Å². The van der Waals surface area contributed by atoms with Crippen molar-refractivity contribution >= 4 is 40.1 Å². The van der Waals surface area contributed by atoms with Crippen molar-refractivity contribution < 1.29 is 14.5 Å². The smallest absolute Gasteiger partial charge is 0.270 e. The van der Waals surface area contributed by atoms with E-state index >= 15 is 0 Å². The number of nitrogens with zero attached hydrogens (tertiary/aromatic N) is 5. The molecule has 2 aliphatic rings. The van der Waals surface area contributed by atoms with Gasteiger partial charge in [-0.3, -0.25) is 24.3 Å². The topological polar surface area (TPSA) is 111 Å². The van der Waals surface area contributed by atoms with E-state index in [0.29, 0.717) is 27.3 Å². The number of carbonyl (C=O) groups excluding carboxylic acids is 2. The normalized spacial score (nSPS) is 16.7. The van der Waals surface area contributed by atoms with Gasteiger partial charge >= 0.3 is 0 Å². The van der Waals surface area contributed by atoms with E-state index in [1.54, 1.807) is 16.7 Å². The number of fused-ring (bicyclic) bond motifs is 1. The van der Waals surface area contributed by atoms with E-state index in [1.165, 1.54) is 49.2 Å². The van der Waals surface area contributed by atoms with E-state index in [9.17, 15) is 19.7 Å². The maximum absolute atomic E-state index is 12.6. The molecule has 0 spiro atoms. The van der Waals surface area contributed by atoms with E-state index in [-0.39, 0.29) is 23.4 Å². The van der Waals surface area contributed by atoms with Gasteiger partial charge in [-0.25, -0.2) is 4.98 Å². The van der Waals surface area contributed by atoms with Crippen molar-refractivity contribution in [1.82, 2.24) is 9.55 Å². The highest BCUT2D eigenvalue weighted by Crippen LogP contribution is 2.42. The summed E-state index contributed by atoms with van der Waals surface area (Å²) in [4.78, 5) is 40.3. The van der Waals surface area contributed by atoms with Crippen molar-refractivity contribution in [1.29, 1.82) is 0 Å². The van der Waals surface area contributed by atoms with Crippen molar-refractivity contribution in [2.24, 2.45) is 5.10 Å². The Morgan fingerprint density at radius 1 is 1.17 bits per heavy atom. The number of non-ortho nitro benzene ring substituents is 1. The highest BCUT2D eigenvalue weighted by molar-refractivity contribution is 8.14. The van der Waals surface area contributed by atoms with Gasteiger partial charge < -0.3 is 0 Å². The molecule has 4 rings (SSSR count). The Bertz CT molecular complexity index is 1070. The Hall–Kier alpha value is -3.01. The van der Waals surface area contributed by atoms with Crippen LogP contribution >= 0.6 is 11.8 Å². The quantitative estimate of drug-likeness (QED) is 0.533. The van der Waals surface area contributed by atoms with Crippen molar-refractivity contribution in [2.75, 3.05) is 5.01 Å². The Morgan fingerprint density at radius 3 is 2.53 bits per heavy atom. The van der Waals surface area contributed by atoms with Gasteiger partial charge in [0.05, 0.1) is 4.92 Å². The number of nitro benzene ring substituents is 1. The zero-order chi connectivity index (χ0) is 21.4. The first-order valence-electron chi connectivity index (χ1n) is 9.82. The van der Waals surface area contributed by atoms with Gasteiger partial charge in [0.25, 0.3) is 5.69 Å². The first kappa shape index (κ1) is 20.3. The molecule has 1 aromatic heterocycles. The van der Waals surface area contributed by atoms with Gasteiger partial charge in [0.15, 0.2) is 5.82 Å². The number of carbonyl (C=O) groups is 2. The summed E-state index contributed by atoms with van der Waals surface area (Å²) in [6.07, 6.45) is 5.24. The van der Waals surface area contributed by atoms with E-state index < -0.39 is 4.92 Å². The second-order valence-electron chi connectivity index (χ2n) is 7.43. The average molecular weight is 427 g/mol. The molecule has 1 aromatic carbocycles. The predicted octanol–water partition coefficient (Wildman–Crippen LogP) is 4.32. The van der Waals surface area contributed by atoms with E-state index in [0.717, 1.165) is 25.7 Å². The van der Waals surface area contributed by atoms with E-state index in [2.05, 4.69) is 10.1 Å². The average Bonchev–Trinajstić information content (AvgIpc) is 3.13. The molecule has 30 heavy (non-hydrogen) atoms. The van der Waals surface area contributed by atoms with Crippen LogP contribution < -0.4 is 5.01 Å². The fourth-order valence-electron chi connectivity index (χ4n) is 3.92. The molecule has 156 valence electrons. The lowest BCUT2D eigenvalue weighted by Crippen LogP contribution is -2.28. The third kappa shape index (κ3) is 3.62. The van der Waals surface area contributed by atoms with Crippen LogP contribution in [-0.4, -0.2) is 31.3 Å². The SMILES string of the molecule is CC(=O)N1N=C(c2cccc([N+](=O)[O-])c2)Sc2c1nc(C1CCCCC1)n2C(C)=O. The second kappa shape index (κ2) is 8.02. The molecule has 1 amide bonds. The van der Waals surface area contributed by atoms with Crippen LogP contribution in [0.25, 0.3) is 0 Å². The van der Waals surface area contributed by atoms with Crippen LogP contribution in [0.5, 0.6) is 0 Å².